The van der Waals surface area contributed by atoms with E-state index in [1.165, 1.54) is 10.7 Å². The molecule has 0 aliphatic heterocycles. The van der Waals surface area contributed by atoms with Gasteiger partial charge in [0.1, 0.15) is 11.6 Å². The van der Waals surface area contributed by atoms with Gasteiger partial charge in [-0.1, -0.05) is 0 Å². The SMILES string of the molecule is [CH2]Cc1nn(C)c2cc(F)cc(F)c12. The van der Waals surface area contributed by atoms with Crippen LogP contribution in [-0.2, 0) is 13.5 Å². The van der Waals surface area contributed by atoms with Crippen molar-refractivity contribution in [3.8, 4) is 0 Å². The summed E-state index contributed by atoms with van der Waals surface area (Å²) in [5, 5.41) is 4.42. The Morgan fingerprint density at radius 1 is 1.43 bits per heavy atom. The molecule has 0 atom stereocenters. The first kappa shape index (κ1) is 9.12. The Labute approximate surface area is 80.1 Å². The molecular weight excluding hydrogens is 186 g/mol. The summed E-state index contributed by atoms with van der Waals surface area (Å²) >= 11 is 0. The van der Waals surface area contributed by atoms with Crippen molar-refractivity contribution in [2.45, 2.75) is 6.42 Å². The molecule has 4 heteroatoms. The van der Waals surface area contributed by atoms with Crippen molar-refractivity contribution in [2.24, 2.45) is 7.05 Å². The van der Waals surface area contributed by atoms with Gasteiger partial charge in [-0.05, 0) is 19.4 Å². The first-order valence-corrected chi connectivity index (χ1v) is 4.23. The van der Waals surface area contributed by atoms with Crippen molar-refractivity contribution in [1.82, 2.24) is 9.78 Å². The topological polar surface area (TPSA) is 17.8 Å². The van der Waals surface area contributed by atoms with E-state index in [-0.39, 0.29) is 0 Å². The molecule has 0 saturated carbocycles. The Morgan fingerprint density at radius 2 is 2.14 bits per heavy atom. The molecule has 1 aromatic heterocycles. The van der Waals surface area contributed by atoms with Crippen LogP contribution in [0.1, 0.15) is 5.69 Å². The molecule has 1 radical (unpaired) electrons. The van der Waals surface area contributed by atoms with Gasteiger partial charge < -0.3 is 0 Å². The predicted octanol–water partition coefficient (Wildman–Crippen LogP) is 2.23. The zero-order chi connectivity index (χ0) is 10.3. The first-order chi connectivity index (χ1) is 6.63. The quantitative estimate of drug-likeness (QED) is 0.682. The molecular formula is C10H9F2N2. The second-order valence-corrected chi connectivity index (χ2v) is 3.10. The van der Waals surface area contributed by atoms with Gasteiger partial charge in [-0.15, -0.1) is 0 Å². The molecule has 14 heavy (non-hydrogen) atoms. The van der Waals surface area contributed by atoms with E-state index in [0.29, 0.717) is 23.0 Å². The maximum Gasteiger partial charge on any atom is 0.137 e. The van der Waals surface area contributed by atoms with Crippen molar-refractivity contribution in [3.63, 3.8) is 0 Å². The maximum atomic E-state index is 13.4. The normalized spacial score (nSPS) is 11.1. The standard InChI is InChI=1S/C10H9F2N2/c1-3-8-10-7(12)4-6(11)5-9(10)14(2)13-8/h4-5H,1,3H2,2H3. The lowest BCUT2D eigenvalue weighted by molar-refractivity contribution is 0.591. The lowest BCUT2D eigenvalue weighted by Crippen LogP contribution is -1.90. The molecule has 0 unspecified atom stereocenters. The summed E-state index contributed by atoms with van der Waals surface area (Å²) < 4.78 is 27.7. The van der Waals surface area contributed by atoms with E-state index in [1.807, 2.05) is 0 Å². The molecule has 0 saturated heterocycles. The van der Waals surface area contributed by atoms with Crippen LogP contribution in [0, 0.1) is 18.6 Å². The summed E-state index contributed by atoms with van der Waals surface area (Å²) in [5.74, 6) is -1.17. The van der Waals surface area contributed by atoms with Crippen molar-refractivity contribution in [2.75, 3.05) is 0 Å². The van der Waals surface area contributed by atoms with E-state index in [1.54, 1.807) is 7.05 Å². The average Bonchev–Trinajstić information content (AvgIpc) is 2.43. The van der Waals surface area contributed by atoms with Crippen molar-refractivity contribution < 1.29 is 8.78 Å². The molecule has 2 aromatic rings. The molecule has 0 aliphatic carbocycles. The third-order valence-corrected chi connectivity index (χ3v) is 2.18. The highest BCUT2D eigenvalue weighted by Crippen LogP contribution is 2.22. The molecule has 0 N–H and O–H groups in total. The molecule has 0 spiro atoms. The molecule has 1 heterocycles. The predicted molar refractivity (Wildman–Crippen MR) is 49.7 cm³/mol. The number of halogens is 2. The average molecular weight is 195 g/mol. The third-order valence-electron chi connectivity index (χ3n) is 2.18. The van der Waals surface area contributed by atoms with Crippen LogP contribution < -0.4 is 0 Å². The molecule has 0 fully saturated rings. The van der Waals surface area contributed by atoms with Crippen LogP contribution >= 0.6 is 0 Å². The lowest BCUT2D eigenvalue weighted by atomic mass is 10.1. The number of hydrogen-bond acceptors (Lipinski definition) is 1. The lowest BCUT2D eigenvalue weighted by Gasteiger charge is -1.96. The van der Waals surface area contributed by atoms with Crippen LogP contribution in [0.5, 0.6) is 0 Å². The minimum atomic E-state index is -0.589. The fourth-order valence-electron chi connectivity index (χ4n) is 1.56. The number of fused-ring (bicyclic) bond motifs is 1. The number of hydrogen-bond donors (Lipinski definition) is 0. The zero-order valence-corrected chi connectivity index (χ0v) is 7.72. The number of aryl methyl sites for hydroxylation is 1. The summed E-state index contributed by atoms with van der Waals surface area (Å²) in [6.45, 7) is 3.65. The first-order valence-electron chi connectivity index (χ1n) is 4.23. The minimum Gasteiger partial charge on any atom is -0.267 e. The second-order valence-electron chi connectivity index (χ2n) is 3.10. The second kappa shape index (κ2) is 3.04. The Morgan fingerprint density at radius 3 is 2.79 bits per heavy atom. The highest BCUT2D eigenvalue weighted by atomic mass is 19.1. The molecule has 0 amide bonds. The van der Waals surface area contributed by atoms with E-state index in [4.69, 9.17) is 0 Å². The van der Waals surface area contributed by atoms with E-state index in [2.05, 4.69) is 12.0 Å². The van der Waals surface area contributed by atoms with Crippen molar-refractivity contribution in [1.29, 1.82) is 0 Å². The summed E-state index contributed by atoms with van der Waals surface area (Å²) in [6.07, 6.45) is 0.389. The summed E-state index contributed by atoms with van der Waals surface area (Å²) in [6, 6.07) is 2.13. The van der Waals surface area contributed by atoms with E-state index in [9.17, 15) is 8.78 Å². The van der Waals surface area contributed by atoms with Gasteiger partial charge in [0.2, 0.25) is 0 Å². The van der Waals surface area contributed by atoms with E-state index >= 15 is 0 Å². The molecule has 0 bridgehead atoms. The van der Waals surface area contributed by atoms with Gasteiger partial charge in [0.25, 0.3) is 0 Å². The van der Waals surface area contributed by atoms with Crippen LogP contribution in [0.3, 0.4) is 0 Å². The Balaban J connectivity index is 2.89. The highest BCUT2D eigenvalue weighted by Gasteiger charge is 2.12. The molecule has 2 rings (SSSR count). The summed E-state index contributed by atoms with van der Waals surface area (Å²) in [7, 11) is 1.65. The Hall–Kier alpha value is -1.45. The Bertz CT molecular complexity index is 488. The third kappa shape index (κ3) is 1.18. The largest absolute Gasteiger partial charge is 0.267 e. The van der Waals surface area contributed by atoms with E-state index in [0.717, 1.165) is 6.07 Å². The number of nitrogens with zero attached hydrogens (tertiary/aromatic N) is 2. The van der Waals surface area contributed by atoms with E-state index < -0.39 is 11.6 Å². The maximum absolute atomic E-state index is 13.4. The van der Waals surface area contributed by atoms with Crippen LogP contribution in [-0.4, -0.2) is 9.78 Å². The molecule has 73 valence electrons. The van der Waals surface area contributed by atoms with Gasteiger partial charge in [-0.3, -0.25) is 4.68 Å². The van der Waals surface area contributed by atoms with Crippen molar-refractivity contribution in [3.05, 3.63) is 36.4 Å². The molecule has 1 aromatic carbocycles. The molecule has 0 aliphatic rings. The van der Waals surface area contributed by atoms with Crippen LogP contribution in [0.2, 0.25) is 0 Å². The van der Waals surface area contributed by atoms with Gasteiger partial charge in [-0.2, -0.15) is 5.10 Å². The summed E-state index contributed by atoms with van der Waals surface area (Å²) in [5.41, 5.74) is 1.01. The van der Waals surface area contributed by atoms with Crippen LogP contribution in [0.25, 0.3) is 10.9 Å². The smallest absolute Gasteiger partial charge is 0.137 e. The van der Waals surface area contributed by atoms with Crippen LogP contribution in [0.4, 0.5) is 8.78 Å². The fraction of sp³-hybridized carbons (Fsp3) is 0.200. The number of benzene rings is 1. The zero-order valence-electron chi connectivity index (χ0n) is 7.72. The van der Waals surface area contributed by atoms with Gasteiger partial charge in [0, 0.05) is 13.1 Å². The fourth-order valence-corrected chi connectivity index (χ4v) is 1.56. The van der Waals surface area contributed by atoms with Gasteiger partial charge in [0.05, 0.1) is 16.6 Å². The van der Waals surface area contributed by atoms with Crippen molar-refractivity contribution >= 4 is 10.9 Å². The molecule has 2 nitrogen and oxygen atoms in total. The minimum absolute atomic E-state index is 0.365. The van der Waals surface area contributed by atoms with Gasteiger partial charge >= 0.3 is 0 Å². The van der Waals surface area contributed by atoms with Gasteiger partial charge in [0.15, 0.2) is 0 Å². The van der Waals surface area contributed by atoms with Crippen LogP contribution in [0.15, 0.2) is 12.1 Å². The van der Waals surface area contributed by atoms with Gasteiger partial charge in [-0.25, -0.2) is 8.78 Å². The number of aromatic nitrogens is 2. The Kier molecular flexibility index (Phi) is 1.98. The highest BCUT2D eigenvalue weighted by molar-refractivity contribution is 5.82. The number of rotatable bonds is 1. The monoisotopic (exact) mass is 195 g/mol. The summed E-state index contributed by atoms with van der Waals surface area (Å²) in [4.78, 5) is 0.